The predicted octanol–water partition coefficient (Wildman–Crippen LogP) is 2.55. The average Bonchev–Trinajstić information content (AvgIpc) is 2.93. The van der Waals surface area contributed by atoms with Gasteiger partial charge >= 0.3 is 5.97 Å². The van der Waals surface area contributed by atoms with Crippen molar-refractivity contribution in [1.29, 1.82) is 0 Å². The number of carbonyl (C=O) groups is 1. The summed E-state index contributed by atoms with van der Waals surface area (Å²) in [6.45, 7) is 1.86. The van der Waals surface area contributed by atoms with Gasteiger partial charge in [-0.05, 0) is 18.1 Å². The third kappa shape index (κ3) is 3.70. The SMILES string of the molecule is Cc1nc(Nc2ncc(-c3ccc(CC(=O)O)cc3)cn2)c[nH]1. The van der Waals surface area contributed by atoms with Crippen molar-refractivity contribution in [2.75, 3.05) is 5.32 Å². The van der Waals surface area contributed by atoms with E-state index in [4.69, 9.17) is 5.11 Å². The quantitative estimate of drug-likeness (QED) is 0.669. The fourth-order valence-electron chi connectivity index (χ4n) is 2.13. The topological polar surface area (TPSA) is 104 Å². The summed E-state index contributed by atoms with van der Waals surface area (Å²) in [4.78, 5) is 26.4. The van der Waals surface area contributed by atoms with Gasteiger partial charge in [0, 0.05) is 24.2 Å². The second kappa shape index (κ2) is 6.27. The summed E-state index contributed by atoms with van der Waals surface area (Å²) in [6.07, 6.45) is 5.18. The Morgan fingerprint density at radius 1 is 1.17 bits per heavy atom. The first-order valence-corrected chi connectivity index (χ1v) is 7.02. The van der Waals surface area contributed by atoms with E-state index in [9.17, 15) is 4.79 Å². The first-order valence-electron chi connectivity index (χ1n) is 7.02. The number of benzene rings is 1. The number of nitrogens with zero attached hydrogens (tertiary/aromatic N) is 3. The summed E-state index contributed by atoms with van der Waals surface area (Å²) in [5, 5.41) is 11.8. The van der Waals surface area contributed by atoms with E-state index in [1.807, 2.05) is 19.1 Å². The molecule has 0 atom stereocenters. The Bertz CT molecular complexity index is 809. The normalized spacial score (nSPS) is 10.5. The van der Waals surface area contributed by atoms with E-state index in [2.05, 4.69) is 25.3 Å². The molecule has 0 aliphatic heterocycles. The molecule has 7 nitrogen and oxygen atoms in total. The number of H-pyrrole nitrogens is 1. The molecular weight excluding hydrogens is 294 g/mol. The van der Waals surface area contributed by atoms with Gasteiger partial charge in [0.1, 0.15) is 5.82 Å². The average molecular weight is 309 g/mol. The molecule has 2 aromatic heterocycles. The summed E-state index contributed by atoms with van der Waals surface area (Å²) in [7, 11) is 0. The Labute approximate surface area is 132 Å². The zero-order valence-electron chi connectivity index (χ0n) is 12.4. The third-order valence-electron chi connectivity index (χ3n) is 3.24. The van der Waals surface area contributed by atoms with Gasteiger partial charge in [-0.1, -0.05) is 24.3 Å². The van der Waals surface area contributed by atoms with Gasteiger partial charge < -0.3 is 15.4 Å². The van der Waals surface area contributed by atoms with Crippen molar-refractivity contribution in [3.8, 4) is 11.1 Å². The molecule has 3 rings (SSSR count). The Morgan fingerprint density at radius 2 is 1.87 bits per heavy atom. The summed E-state index contributed by atoms with van der Waals surface area (Å²) in [5.41, 5.74) is 2.55. The standard InChI is InChI=1S/C16H15N5O2/c1-10-17-9-14(20-10)21-16-18-7-13(8-19-16)12-4-2-11(3-5-12)6-15(22)23/h2-5,7-9H,6H2,1H3,(H,17,20)(H,22,23)(H,18,19,21). The molecule has 0 unspecified atom stereocenters. The molecule has 0 radical (unpaired) electrons. The number of imidazole rings is 1. The van der Waals surface area contributed by atoms with Crippen molar-refractivity contribution in [2.24, 2.45) is 0 Å². The highest BCUT2D eigenvalue weighted by Gasteiger charge is 2.04. The second-order valence-electron chi connectivity index (χ2n) is 5.06. The van der Waals surface area contributed by atoms with Crippen molar-refractivity contribution in [3.05, 3.63) is 54.2 Å². The number of carboxylic acids is 1. The van der Waals surface area contributed by atoms with E-state index in [0.717, 1.165) is 22.5 Å². The fraction of sp³-hybridized carbons (Fsp3) is 0.125. The Balaban J connectivity index is 1.72. The largest absolute Gasteiger partial charge is 0.481 e. The summed E-state index contributed by atoms with van der Waals surface area (Å²) in [5.74, 6) is 1.09. The van der Waals surface area contributed by atoms with Crippen molar-refractivity contribution < 1.29 is 9.90 Å². The van der Waals surface area contributed by atoms with Gasteiger partial charge in [0.15, 0.2) is 5.82 Å². The van der Waals surface area contributed by atoms with Crippen molar-refractivity contribution in [3.63, 3.8) is 0 Å². The van der Waals surface area contributed by atoms with E-state index in [1.165, 1.54) is 0 Å². The molecule has 0 aliphatic rings. The van der Waals surface area contributed by atoms with Gasteiger partial charge in [-0.2, -0.15) is 0 Å². The van der Waals surface area contributed by atoms with E-state index < -0.39 is 5.97 Å². The molecule has 3 aromatic rings. The first-order chi connectivity index (χ1) is 11.1. The zero-order valence-corrected chi connectivity index (χ0v) is 12.4. The predicted molar refractivity (Wildman–Crippen MR) is 85.4 cm³/mol. The monoisotopic (exact) mass is 309 g/mol. The van der Waals surface area contributed by atoms with Crippen molar-refractivity contribution >= 4 is 17.7 Å². The third-order valence-corrected chi connectivity index (χ3v) is 3.24. The van der Waals surface area contributed by atoms with Gasteiger partial charge in [0.05, 0.1) is 6.42 Å². The van der Waals surface area contributed by atoms with Gasteiger partial charge in [-0.3, -0.25) is 4.79 Å². The maximum Gasteiger partial charge on any atom is 0.307 e. The minimum Gasteiger partial charge on any atom is -0.481 e. The van der Waals surface area contributed by atoms with Crippen LogP contribution in [0, 0.1) is 6.92 Å². The molecule has 2 heterocycles. The van der Waals surface area contributed by atoms with Crippen LogP contribution in [0.3, 0.4) is 0 Å². The van der Waals surface area contributed by atoms with Gasteiger partial charge in [0.25, 0.3) is 0 Å². The number of hydrogen-bond donors (Lipinski definition) is 3. The summed E-state index contributed by atoms with van der Waals surface area (Å²) in [6, 6.07) is 7.31. The highest BCUT2D eigenvalue weighted by molar-refractivity contribution is 5.71. The summed E-state index contributed by atoms with van der Waals surface area (Å²) < 4.78 is 0. The number of anilines is 2. The number of carboxylic acid groups (broad SMARTS) is 1. The Kier molecular flexibility index (Phi) is 4.01. The number of nitrogens with one attached hydrogen (secondary N) is 2. The molecule has 7 heteroatoms. The minimum absolute atomic E-state index is 0.0166. The van der Waals surface area contributed by atoms with Crippen LogP contribution in [-0.4, -0.2) is 31.0 Å². The van der Waals surface area contributed by atoms with Crippen LogP contribution in [0.15, 0.2) is 42.9 Å². The lowest BCUT2D eigenvalue weighted by atomic mass is 10.1. The number of aromatic amines is 1. The van der Waals surface area contributed by atoms with Gasteiger partial charge in [-0.15, -0.1) is 0 Å². The Morgan fingerprint density at radius 3 is 2.43 bits per heavy atom. The molecule has 23 heavy (non-hydrogen) atoms. The lowest BCUT2D eigenvalue weighted by molar-refractivity contribution is -0.136. The number of aliphatic carboxylic acids is 1. The van der Waals surface area contributed by atoms with Gasteiger partial charge in [-0.25, -0.2) is 15.0 Å². The number of aryl methyl sites for hydroxylation is 1. The van der Waals surface area contributed by atoms with Crippen LogP contribution in [0.1, 0.15) is 11.4 Å². The molecule has 0 bridgehead atoms. The molecular formula is C16H15N5O2. The van der Waals surface area contributed by atoms with E-state index >= 15 is 0 Å². The molecule has 0 saturated carbocycles. The fourth-order valence-corrected chi connectivity index (χ4v) is 2.13. The number of aromatic nitrogens is 4. The maximum absolute atomic E-state index is 10.7. The van der Waals surface area contributed by atoms with E-state index in [1.54, 1.807) is 30.7 Å². The van der Waals surface area contributed by atoms with Crippen LogP contribution >= 0.6 is 0 Å². The molecule has 116 valence electrons. The smallest absolute Gasteiger partial charge is 0.307 e. The van der Waals surface area contributed by atoms with Crippen molar-refractivity contribution in [1.82, 2.24) is 19.9 Å². The minimum atomic E-state index is -0.842. The molecule has 0 saturated heterocycles. The van der Waals surface area contributed by atoms with Crippen LogP contribution in [0.2, 0.25) is 0 Å². The molecule has 3 N–H and O–H groups in total. The molecule has 0 aliphatic carbocycles. The number of rotatable bonds is 5. The maximum atomic E-state index is 10.7. The molecule has 0 amide bonds. The molecule has 0 fully saturated rings. The van der Waals surface area contributed by atoms with E-state index in [0.29, 0.717) is 11.8 Å². The highest BCUT2D eigenvalue weighted by Crippen LogP contribution is 2.19. The molecule has 0 spiro atoms. The van der Waals surface area contributed by atoms with Gasteiger partial charge in [0.2, 0.25) is 5.95 Å². The van der Waals surface area contributed by atoms with Crippen LogP contribution in [0.25, 0.3) is 11.1 Å². The van der Waals surface area contributed by atoms with Crippen LogP contribution in [0.5, 0.6) is 0 Å². The number of hydrogen-bond acceptors (Lipinski definition) is 5. The first kappa shape index (κ1) is 14.7. The lowest BCUT2D eigenvalue weighted by Crippen LogP contribution is -1.99. The lowest BCUT2D eigenvalue weighted by Gasteiger charge is -2.04. The zero-order chi connectivity index (χ0) is 16.2. The van der Waals surface area contributed by atoms with Crippen LogP contribution < -0.4 is 5.32 Å². The van der Waals surface area contributed by atoms with Crippen LogP contribution in [0.4, 0.5) is 11.8 Å². The second-order valence-corrected chi connectivity index (χ2v) is 5.06. The summed E-state index contributed by atoms with van der Waals surface area (Å²) >= 11 is 0. The van der Waals surface area contributed by atoms with E-state index in [-0.39, 0.29) is 6.42 Å². The van der Waals surface area contributed by atoms with Crippen molar-refractivity contribution in [2.45, 2.75) is 13.3 Å². The highest BCUT2D eigenvalue weighted by atomic mass is 16.4. The molecule has 1 aromatic carbocycles. The van der Waals surface area contributed by atoms with Crippen LogP contribution in [-0.2, 0) is 11.2 Å². The Hall–Kier alpha value is -3.22.